The van der Waals surface area contributed by atoms with Gasteiger partial charge in [-0.2, -0.15) is 0 Å². The fourth-order valence-electron chi connectivity index (χ4n) is 2.81. The molecule has 0 spiro atoms. The van der Waals surface area contributed by atoms with E-state index in [4.69, 9.17) is 9.47 Å². The standard InChI is InChI=1S/C12H22O3/c1-9-5-6-10(11(14-3)15-4)12(2,7-9)8-13/h8-11H,5-7H2,1-4H3/t9-,10?,12?/m0/s1. The van der Waals surface area contributed by atoms with Gasteiger partial charge in [-0.3, -0.25) is 0 Å². The Morgan fingerprint density at radius 1 is 1.33 bits per heavy atom. The monoisotopic (exact) mass is 214 g/mol. The first-order valence-corrected chi connectivity index (χ1v) is 5.59. The van der Waals surface area contributed by atoms with Gasteiger partial charge < -0.3 is 14.3 Å². The molecule has 1 fully saturated rings. The van der Waals surface area contributed by atoms with Crippen LogP contribution in [0, 0.1) is 17.3 Å². The minimum atomic E-state index is -0.297. The fraction of sp³-hybridized carbons (Fsp3) is 0.917. The van der Waals surface area contributed by atoms with E-state index in [1.165, 1.54) is 0 Å². The van der Waals surface area contributed by atoms with Gasteiger partial charge >= 0.3 is 0 Å². The molecular formula is C12H22O3. The maximum atomic E-state index is 11.3. The molecule has 3 atom stereocenters. The number of hydrogen-bond acceptors (Lipinski definition) is 3. The van der Waals surface area contributed by atoms with Crippen LogP contribution in [0.4, 0.5) is 0 Å². The molecule has 0 saturated heterocycles. The van der Waals surface area contributed by atoms with Gasteiger partial charge in [-0.15, -0.1) is 0 Å². The number of ether oxygens (including phenoxy) is 2. The number of carbonyl (C=O) groups is 1. The average molecular weight is 214 g/mol. The highest BCUT2D eigenvalue weighted by atomic mass is 16.7. The summed E-state index contributed by atoms with van der Waals surface area (Å²) in [6, 6.07) is 0. The van der Waals surface area contributed by atoms with Crippen molar-refractivity contribution < 1.29 is 14.3 Å². The lowest BCUT2D eigenvalue weighted by molar-refractivity contribution is -0.177. The van der Waals surface area contributed by atoms with Crippen LogP contribution >= 0.6 is 0 Å². The summed E-state index contributed by atoms with van der Waals surface area (Å²) in [6.45, 7) is 4.22. The van der Waals surface area contributed by atoms with Gasteiger partial charge in [0.2, 0.25) is 0 Å². The van der Waals surface area contributed by atoms with Crippen LogP contribution in [0.2, 0.25) is 0 Å². The van der Waals surface area contributed by atoms with E-state index in [0.29, 0.717) is 5.92 Å². The van der Waals surface area contributed by atoms with Gasteiger partial charge in [0, 0.05) is 25.6 Å². The maximum Gasteiger partial charge on any atom is 0.160 e. The summed E-state index contributed by atoms with van der Waals surface area (Å²) in [7, 11) is 3.27. The summed E-state index contributed by atoms with van der Waals surface area (Å²) in [5.74, 6) is 0.798. The summed E-state index contributed by atoms with van der Waals surface area (Å²) < 4.78 is 10.6. The van der Waals surface area contributed by atoms with E-state index < -0.39 is 0 Å². The summed E-state index contributed by atoms with van der Waals surface area (Å²) in [5, 5.41) is 0. The van der Waals surface area contributed by atoms with Crippen molar-refractivity contribution >= 4 is 6.29 Å². The van der Waals surface area contributed by atoms with Crippen molar-refractivity contribution in [2.75, 3.05) is 14.2 Å². The molecule has 1 aliphatic carbocycles. The highest BCUT2D eigenvalue weighted by molar-refractivity contribution is 5.59. The largest absolute Gasteiger partial charge is 0.356 e. The van der Waals surface area contributed by atoms with E-state index in [-0.39, 0.29) is 17.6 Å². The Bertz CT molecular complexity index is 213. The molecule has 1 saturated carbocycles. The molecule has 0 aliphatic heterocycles. The summed E-state index contributed by atoms with van der Waals surface area (Å²) in [4.78, 5) is 11.3. The van der Waals surface area contributed by atoms with E-state index in [1.54, 1.807) is 14.2 Å². The van der Waals surface area contributed by atoms with Crippen molar-refractivity contribution in [1.82, 2.24) is 0 Å². The van der Waals surface area contributed by atoms with Crippen molar-refractivity contribution in [1.29, 1.82) is 0 Å². The zero-order chi connectivity index (χ0) is 11.5. The Morgan fingerprint density at radius 2 is 1.93 bits per heavy atom. The Hall–Kier alpha value is -0.410. The van der Waals surface area contributed by atoms with Gasteiger partial charge in [-0.25, -0.2) is 0 Å². The van der Waals surface area contributed by atoms with Crippen molar-refractivity contribution in [3.8, 4) is 0 Å². The van der Waals surface area contributed by atoms with E-state index in [0.717, 1.165) is 25.5 Å². The normalized spacial score (nSPS) is 36.9. The van der Waals surface area contributed by atoms with Crippen LogP contribution < -0.4 is 0 Å². The molecule has 0 radical (unpaired) electrons. The topological polar surface area (TPSA) is 35.5 Å². The van der Waals surface area contributed by atoms with E-state index in [1.807, 2.05) is 6.92 Å². The van der Waals surface area contributed by atoms with Gasteiger partial charge in [-0.1, -0.05) is 20.3 Å². The second-order valence-electron chi connectivity index (χ2n) is 4.96. The third kappa shape index (κ3) is 2.58. The molecule has 3 heteroatoms. The first-order chi connectivity index (χ1) is 7.07. The number of carbonyl (C=O) groups excluding carboxylic acids is 1. The van der Waals surface area contributed by atoms with E-state index in [9.17, 15) is 4.79 Å². The molecule has 2 unspecified atom stereocenters. The molecule has 15 heavy (non-hydrogen) atoms. The third-order valence-electron chi connectivity index (χ3n) is 3.67. The van der Waals surface area contributed by atoms with Crippen LogP contribution in [0.15, 0.2) is 0 Å². The van der Waals surface area contributed by atoms with Crippen LogP contribution in [0.3, 0.4) is 0 Å². The lowest BCUT2D eigenvalue weighted by Gasteiger charge is -2.42. The second-order valence-corrected chi connectivity index (χ2v) is 4.96. The summed E-state index contributed by atoms with van der Waals surface area (Å²) >= 11 is 0. The Labute approximate surface area is 92.1 Å². The van der Waals surface area contributed by atoms with Crippen molar-refractivity contribution in [2.24, 2.45) is 17.3 Å². The molecule has 0 N–H and O–H groups in total. The molecule has 1 aliphatic rings. The van der Waals surface area contributed by atoms with Crippen LogP contribution in [0.1, 0.15) is 33.1 Å². The number of rotatable bonds is 4. The minimum Gasteiger partial charge on any atom is -0.356 e. The molecular weight excluding hydrogens is 192 g/mol. The molecule has 0 amide bonds. The lowest BCUT2D eigenvalue weighted by atomic mass is 9.65. The SMILES string of the molecule is COC(OC)C1CC[C@H](C)CC1(C)C=O. The van der Waals surface area contributed by atoms with Crippen molar-refractivity contribution in [3.63, 3.8) is 0 Å². The van der Waals surface area contributed by atoms with Gasteiger partial charge in [0.15, 0.2) is 6.29 Å². The molecule has 0 aromatic heterocycles. The molecule has 0 aromatic rings. The zero-order valence-corrected chi connectivity index (χ0v) is 10.2. The van der Waals surface area contributed by atoms with Gasteiger partial charge in [-0.05, 0) is 18.8 Å². The van der Waals surface area contributed by atoms with Crippen molar-refractivity contribution in [2.45, 2.75) is 39.4 Å². The molecule has 0 bridgehead atoms. The Morgan fingerprint density at radius 3 is 2.40 bits per heavy atom. The van der Waals surface area contributed by atoms with E-state index >= 15 is 0 Å². The molecule has 0 heterocycles. The molecule has 88 valence electrons. The number of aldehydes is 1. The summed E-state index contributed by atoms with van der Waals surface area (Å²) in [5.41, 5.74) is -0.297. The molecule has 3 nitrogen and oxygen atoms in total. The highest BCUT2D eigenvalue weighted by Crippen LogP contribution is 2.44. The highest BCUT2D eigenvalue weighted by Gasteiger charge is 2.43. The maximum absolute atomic E-state index is 11.3. The van der Waals surface area contributed by atoms with E-state index in [2.05, 4.69) is 6.92 Å². The number of hydrogen-bond donors (Lipinski definition) is 0. The zero-order valence-electron chi connectivity index (χ0n) is 10.2. The first-order valence-electron chi connectivity index (χ1n) is 5.59. The van der Waals surface area contributed by atoms with Gasteiger partial charge in [0.25, 0.3) is 0 Å². The van der Waals surface area contributed by atoms with Crippen molar-refractivity contribution in [3.05, 3.63) is 0 Å². The van der Waals surface area contributed by atoms with Crippen LogP contribution in [0.25, 0.3) is 0 Å². The predicted octanol–water partition coefficient (Wildman–Crippen LogP) is 2.25. The van der Waals surface area contributed by atoms with Crippen LogP contribution in [0.5, 0.6) is 0 Å². The lowest BCUT2D eigenvalue weighted by Crippen LogP contribution is -2.43. The molecule has 1 rings (SSSR count). The Kier molecular flexibility index (Phi) is 4.29. The minimum absolute atomic E-state index is 0.182. The van der Waals surface area contributed by atoms with Gasteiger partial charge in [0.1, 0.15) is 6.29 Å². The predicted molar refractivity (Wildman–Crippen MR) is 58.5 cm³/mol. The summed E-state index contributed by atoms with van der Waals surface area (Å²) in [6.07, 6.45) is 3.91. The second kappa shape index (κ2) is 5.08. The first kappa shape index (κ1) is 12.7. The quantitative estimate of drug-likeness (QED) is 0.532. The average Bonchev–Trinajstić information content (AvgIpc) is 2.23. The third-order valence-corrected chi connectivity index (χ3v) is 3.67. The Balaban J connectivity index is 2.81. The smallest absolute Gasteiger partial charge is 0.160 e. The van der Waals surface area contributed by atoms with Crippen LogP contribution in [-0.4, -0.2) is 26.8 Å². The van der Waals surface area contributed by atoms with Crippen LogP contribution in [-0.2, 0) is 14.3 Å². The number of methoxy groups -OCH3 is 2. The molecule has 0 aromatic carbocycles. The van der Waals surface area contributed by atoms with Gasteiger partial charge in [0.05, 0.1) is 0 Å². The fourth-order valence-corrected chi connectivity index (χ4v) is 2.81.